The molecule has 4 aromatic rings. The molecule has 0 aliphatic heterocycles. The summed E-state index contributed by atoms with van der Waals surface area (Å²) in [5.41, 5.74) is 3.62. The molecule has 41 heavy (non-hydrogen) atoms. The molecule has 0 radical (unpaired) electrons. The molecule has 1 aromatic heterocycles. The lowest BCUT2D eigenvalue weighted by atomic mass is 9.96. The minimum absolute atomic E-state index is 0.188. The third kappa shape index (κ3) is 6.24. The van der Waals surface area contributed by atoms with Gasteiger partial charge in [0.05, 0.1) is 37.9 Å². The lowest BCUT2D eigenvalue weighted by Crippen LogP contribution is -2.26. The van der Waals surface area contributed by atoms with Crippen molar-refractivity contribution in [3.8, 4) is 28.6 Å². The molecule has 0 aliphatic carbocycles. The van der Waals surface area contributed by atoms with Gasteiger partial charge in [-0.1, -0.05) is 26.0 Å². The molecule has 0 saturated carbocycles. The van der Waals surface area contributed by atoms with Crippen LogP contribution in [-0.4, -0.2) is 48.8 Å². The number of aryl methyl sites for hydroxylation is 1. The van der Waals surface area contributed by atoms with E-state index in [1.165, 1.54) is 11.8 Å². The number of ether oxygens (including phenoxy) is 4. The van der Waals surface area contributed by atoms with Gasteiger partial charge in [-0.15, -0.1) is 0 Å². The number of methoxy groups -OCH3 is 2. The molecule has 0 fully saturated rings. The Morgan fingerprint density at radius 3 is 2.41 bits per heavy atom. The van der Waals surface area contributed by atoms with Crippen molar-refractivity contribution in [3.05, 3.63) is 81.6 Å². The molecular formula is C32H35N3O6. The topological polar surface area (TPSA) is 101 Å². The third-order valence-corrected chi connectivity index (χ3v) is 6.63. The minimum atomic E-state index is -0.809. The third-order valence-electron chi connectivity index (χ3n) is 6.63. The Hall–Kier alpha value is -4.66. The molecule has 1 atom stereocenters. The second-order valence-corrected chi connectivity index (χ2v) is 9.80. The van der Waals surface area contributed by atoms with Gasteiger partial charge in [-0.05, 0) is 85.8 Å². The van der Waals surface area contributed by atoms with E-state index >= 15 is 0 Å². The first-order valence-corrected chi connectivity index (χ1v) is 13.4. The van der Waals surface area contributed by atoms with Gasteiger partial charge in [0, 0.05) is 5.56 Å². The molecular weight excluding hydrogens is 522 g/mol. The van der Waals surface area contributed by atoms with Gasteiger partial charge >= 0.3 is 5.97 Å². The average Bonchev–Trinajstić information content (AvgIpc) is 2.96. The van der Waals surface area contributed by atoms with E-state index in [2.05, 4.69) is 18.9 Å². The molecule has 0 spiro atoms. The Bertz CT molecular complexity index is 1660. The zero-order chi connectivity index (χ0) is 29.7. The molecule has 1 heterocycles. The number of para-hydroxylation sites is 1. The molecule has 0 N–H and O–H groups in total. The van der Waals surface area contributed by atoms with Crippen LogP contribution in [0.1, 0.15) is 50.3 Å². The molecule has 3 aromatic carbocycles. The number of benzene rings is 3. The number of carbonyl (C=O) groups is 1. The quantitative estimate of drug-likeness (QED) is 0.181. The highest BCUT2D eigenvalue weighted by Gasteiger charge is 2.20. The number of hydrogen-bond donors (Lipinski definition) is 0. The molecule has 0 saturated heterocycles. The summed E-state index contributed by atoms with van der Waals surface area (Å²) in [4.78, 5) is 30.6. The molecule has 4 rings (SSSR count). The lowest BCUT2D eigenvalue weighted by molar-refractivity contribution is -0.150. The van der Waals surface area contributed by atoms with Crippen LogP contribution in [0.15, 0.2) is 64.5 Å². The fourth-order valence-electron chi connectivity index (χ4n) is 4.46. The highest BCUT2D eigenvalue weighted by atomic mass is 16.6. The van der Waals surface area contributed by atoms with Gasteiger partial charge in [0.1, 0.15) is 5.75 Å². The number of hydrogen-bond acceptors (Lipinski definition) is 8. The normalized spacial score (nSPS) is 12.1. The van der Waals surface area contributed by atoms with Crippen molar-refractivity contribution in [2.45, 2.75) is 46.6 Å². The Morgan fingerprint density at radius 1 is 1.00 bits per heavy atom. The largest absolute Gasteiger partial charge is 0.496 e. The van der Waals surface area contributed by atoms with E-state index in [1.807, 2.05) is 31.2 Å². The molecule has 0 aliphatic rings. The maximum absolute atomic E-state index is 13.7. The van der Waals surface area contributed by atoms with Gasteiger partial charge in [-0.2, -0.15) is 9.78 Å². The maximum atomic E-state index is 13.7. The number of carbonyl (C=O) groups excluding carboxylic acids is 1. The number of esters is 1. The van der Waals surface area contributed by atoms with Gasteiger partial charge in [-0.3, -0.25) is 4.79 Å². The van der Waals surface area contributed by atoms with Crippen LogP contribution in [0.5, 0.6) is 17.2 Å². The fourth-order valence-corrected chi connectivity index (χ4v) is 4.46. The van der Waals surface area contributed by atoms with Crippen molar-refractivity contribution in [1.82, 2.24) is 9.66 Å². The summed E-state index contributed by atoms with van der Waals surface area (Å²) in [5, 5.41) is 5.05. The standard InChI is InChI=1S/C32H35N3O6/c1-8-40-32(37)21(5)41-27-14-13-22(16-29(27)39-7)18-33-35-30(34-26-12-10-9-11-23(26)31(35)36)25-17-24(19(2)3)28(38-6)15-20(25)4/h9-19,21H,8H2,1-7H3/t21-/m1/s1. The van der Waals surface area contributed by atoms with Crippen LogP contribution in [-0.2, 0) is 9.53 Å². The van der Waals surface area contributed by atoms with Crippen LogP contribution < -0.4 is 19.8 Å². The molecule has 0 unspecified atom stereocenters. The fraction of sp³-hybridized carbons (Fsp3) is 0.312. The van der Waals surface area contributed by atoms with Crippen molar-refractivity contribution >= 4 is 23.1 Å². The highest BCUT2D eigenvalue weighted by molar-refractivity contribution is 5.83. The van der Waals surface area contributed by atoms with E-state index in [0.717, 1.165) is 22.4 Å². The number of nitrogens with zero attached hydrogens (tertiary/aromatic N) is 3. The summed E-state index contributed by atoms with van der Waals surface area (Å²) in [6, 6.07) is 16.3. The summed E-state index contributed by atoms with van der Waals surface area (Å²) in [6.45, 7) is 9.74. The smallest absolute Gasteiger partial charge is 0.347 e. The van der Waals surface area contributed by atoms with Crippen LogP contribution in [0.4, 0.5) is 0 Å². The average molecular weight is 558 g/mol. The van der Waals surface area contributed by atoms with Gasteiger partial charge in [-0.25, -0.2) is 9.78 Å². The van der Waals surface area contributed by atoms with Gasteiger partial charge in [0.2, 0.25) is 0 Å². The predicted molar refractivity (Wildman–Crippen MR) is 160 cm³/mol. The van der Waals surface area contributed by atoms with Crippen molar-refractivity contribution in [1.29, 1.82) is 0 Å². The van der Waals surface area contributed by atoms with Crippen LogP contribution >= 0.6 is 0 Å². The zero-order valence-electron chi connectivity index (χ0n) is 24.4. The summed E-state index contributed by atoms with van der Waals surface area (Å²) in [6.07, 6.45) is 0.751. The van der Waals surface area contributed by atoms with E-state index < -0.39 is 12.1 Å². The van der Waals surface area contributed by atoms with Crippen molar-refractivity contribution < 1.29 is 23.7 Å². The molecule has 9 heteroatoms. The SMILES string of the molecule is CCOC(=O)[C@@H](C)Oc1ccc(C=Nn2c(-c3cc(C(C)C)c(OC)cc3C)nc3ccccc3c2=O)cc1OC. The van der Waals surface area contributed by atoms with Gasteiger partial charge in [0.15, 0.2) is 23.4 Å². The summed E-state index contributed by atoms with van der Waals surface area (Å²) in [5.74, 6) is 1.71. The Morgan fingerprint density at radius 2 is 1.73 bits per heavy atom. The maximum Gasteiger partial charge on any atom is 0.347 e. The van der Waals surface area contributed by atoms with Crippen LogP contribution in [0, 0.1) is 6.92 Å². The van der Waals surface area contributed by atoms with E-state index in [9.17, 15) is 9.59 Å². The number of rotatable bonds is 10. The lowest BCUT2D eigenvalue weighted by Gasteiger charge is -2.17. The van der Waals surface area contributed by atoms with E-state index in [0.29, 0.717) is 33.8 Å². The van der Waals surface area contributed by atoms with Crippen LogP contribution in [0.3, 0.4) is 0 Å². The van der Waals surface area contributed by atoms with Crippen LogP contribution in [0.25, 0.3) is 22.3 Å². The second kappa shape index (κ2) is 12.7. The molecule has 214 valence electrons. The first-order valence-electron chi connectivity index (χ1n) is 13.4. The molecule has 0 bridgehead atoms. The number of aromatic nitrogens is 2. The predicted octanol–water partition coefficient (Wildman–Crippen LogP) is 5.73. The van der Waals surface area contributed by atoms with E-state index in [1.54, 1.807) is 57.5 Å². The molecule has 0 amide bonds. The Labute approximate surface area is 239 Å². The molecule has 9 nitrogen and oxygen atoms in total. The first kappa shape index (κ1) is 29.3. The van der Waals surface area contributed by atoms with Gasteiger partial charge < -0.3 is 18.9 Å². The first-order chi connectivity index (χ1) is 19.7. The zero-order valence-corrected chi connectivity index (χ0v) is 24.4. The second-order valence-electron chi connectivity index (χ2n) is 9.80. The van der Waals surface area contributed by atoms with E-state index in [-0.39, 0.29) is 18.1 Å². The highest BCUT2D eigenvalue weighted by Crippen LogP contribution is 2.34. The van der Waals surface area contributed by atoms with Crippen molar-refractivity contribution in [2.75, 3.05) is 20.8 Å². The minimum Gasteiger partial charge on any atom is -0.496 e. The Balaban J connectivity index is 1.81. The summed E-state index contributed by atoms with van der Waals surface area (Å²) in [7, 11) is 3.16. The Kier molecular flexibility index (Phi) is 9.07. The summed E-state index contributed by atoms with van der Waals surface area (Å²) >= 11 is 0. The summed E-state index contributed by atoms with van der Waals surface area (Å²) < 4.78 is 23.2. The van der Waals surface area contributed by atoms with Crippen molar-refractivity contribution in [3.63, 3.8) is 0 Å². The van der Waals surface area contributed by atoms with Crippen molar-refractivity contribution in [2.24, 2.45) is 5.10 Å². The number of fused-ring (bicyclic) bond motifs is 1. The van der Waals surface area contributed by atoms with E-state index in [4.69, 9.17) is 23.9 Å². The van der Waals surface area contributed by atoms with Gasteiger partial charge in [0.25, 0.3) is 5.56 Å². The monoisotopic (exact) mass is 557 g/mol. The van der Waals surface area contributed by atoms with Crippen LogP contribution in [0.2, 0.25) is 0 Å².